The number of ether oxygens (including phenoxy) is 1. The molecule has 4 aromatic carbocycles. The number of rotatable bonds is 10. The summed E-state index contributed by atoms with van der Waals surface area (Å²) in [7, 11) is -2.38. The van der Waals surface area contributed by atoms with Crippen LogP contribution in [0.3, 0.4) is 0 Å². The molecule has 0 aliphatic carbocycles. The number of para-hydroxylation sites is 1. The summed E-state index contributed by atoms with van der Waals surface area (Å²) in [6.07, 6.45) is 0. The molecule has 4 rings (SSSR count). The van der Waals surface area contributed by atoms with Gasteiger partial charge in [-0.3, -0.25) is 9.10 Å². The third kappa shape index (κ3) is 6.80. The standard InChI is InChI=1S/C34H37ClN2O4S/c1-22(2)30-20-31(24(4)19-33(30)41-6)25(5)36-34(38)29-9-7-8-10-32(29)37(21-26-13-15-27(35)16-14-26)42(39,40)28-17-11-23(3)12-18-28/h7-20,22,25H,21H2,1-6H3,(H,36,38)/t25-/m0/s1. The van der Waals surface area contributed by atoms with Crippen molar-refractivity contribution in [2.45, 2.75) is 58.0 Å². The van der Waals surface area contributed by atoms with E-state index in [1.54, 1.807) is 79.9 Å². The second-order valence-electron chi connectivity index (χ2n) is 10.8. The topological polar surface area (TPSA) is 75.7 Å². The molecule has 1 amide bonds. The van der Waals surface area contributed by atoms with Crippen LogP contribution in [0.5, 0.6) is 5.75 Å². The van der Waals surface area contributed by atoms with Gasteiger partial charge in [-0.1, -0.05) is 67.4 Å². The smallest absolute Gasteiger partial charge is 0.264 e. The van der Waals surface area contributed by atoms with Gasteiger partial charge in [0.15, 0.2) is 0 Å². The molecule has 0 unspecified atom stereocenters. The Balaban J connectivity index is 1.75. The molecule has 0 saturated carbocycles. The van der Waals surface area contributed by atoms with Crippen molar-refractivity contribution in [1.29, 1.82) is 0 Å². The number of aryl methyl sites for hydroxylation is 2. The Morgan fingerprint density at radius 2 is 1.55 bits per heavy atom. The lowest BCUT2D eigenvalue weighted by atomic mass is 9.93. The molecule has 8 heteroatoms. The first kappa shape index (κ1) is 31.1. The van der Waals surface area contributed by atoms with Crippen LogP contribution in [0.15, 0.2) is 89.8 Å². The summed E-state index contributed by atoms with van der Waals surface area (Å²) in [5.41, 5.74) is 5.23. The Hall–Kier alpha value is -3.81. The van der Waals surface area contributed by atoms with E-state index in [4.69, 9.17) is 16.3 Å². The lowest BCUT2D eigenvalue weighted by Gasteiger charge is -2.27. The first-order valence-electron chi connectivity index (χ1n) is 13.8. The van der Waals surface area contributed by atoms with Crippen LogP contribution in [-0.2, 0) is 16.6 Å². The van der Waals surface area contributed by atoms with Crippen molar-refractivity contribution >= 4 is 33.2 Å². The molecule has 0 heterocycles. The molecule has 6 nitrogen and oxygen atoms in total. The highest BCUT2D eigenvalue weighted by Gasteiger charge is 2.29. The molecule has 0 aliphatic heterocycles. The average molecular weight is 605 g/mol. The Labute approximate surface area is 254 Å². The molecule has 1 atom stereocenters. The Bertz CT molecular complexity index is 1670. The number of hydrogen-bond acceptors (Lipinski definition) is 4. The lowest BCUT2D eigenvalue weighted by molar-refractivity contribution is 0.0940. The molecule has 1 N–H and O–H groups in total. The fraction of sp³-hybridized carbons (Fsp3) is 0.265. The summed E-state index contributed by atoms with van der Waals surface area (Å²) >= 11 is 6.09. The zero-order chi connectivity index (χ0) is 30.6. The van der Waals surface area contributed by atoms with Gasteiger partial charge in [0.2, 0.25) is 0 Å². The van der Waals surface area contributed by atoms with E-state index < -0.39 is 10.0 Å². The first-order chi connectivity index (χ1) is 19.9. The fourth-order valence-corrected chi connectivity index (χ4v) is 6.54. The number of benzene rings is 4. The highest BCUT2D eigenvalue weighted by molar-refractivity contribution is 7.92. The van der Waals surface area contributed by atoms with Crippen LogP contribution < -0.4 is 14.4 Å². The van der Waals surface area contributed by atoms with Gasteiger partial charge in [0.05, 0.1) is 35.8 Å². The minimum atomic E-state index is -4.04. The highest BCUT2D eigenvalue weighted by atomic mass is 35.5. The molecule has 42 heavy (non-hydrogen) atoms. The molecule has 0 fully saturated rings. The van der Waals surface area contributed by atoms with Crippen molar-refractivity contribution in [2.75, 3.05) is 11.4 Å². The third-order valence-electron chi connectivity index (χ3n) is 7.32. The van der Waals surface area contributed by atoms with E-state index in [1.807, 2.05) is 26.8 Å². The first-order valence-corrected chi connectivity index (χ1v) is 15.7. The maximum atomic E-state index is 14.1. The van der Waals surface area contributed by atoms with Gasteiger partial charge < -0.3 is 10.1 Å². The van der Waals surface area contributed by atoms with Gasteiger partial charge in [0.1, 0.15) is 5.75 Å². The second kappa shape index (κ2) is 13.0. The van der Waals surface area contributed by atoms with Gasteiger partial charge in [-0.2, -0.15) is 0 Å². The summed E-state index contributed by atoms with van der Waals surface area (Å²) in [5, 5.41) is 3.65. The van der Waals surface area contributed by atoms with E-state index in [2.05, 4.69) is 25.2 Å². The molecular weight excluding hydrogens is 568 g/mol. The number of carbonyl (C=O) groups is 1. The molecule has 0 saturated heterocycles. The number of halogens is 1. The van der Waals surface area contributed by atoms with Crippen LogP contribution in [0, 0.1) is 13.8 Å². The molecular formula is C34H37ClN2O4S. The van der Waals surface area contributed by atoms with Gasteiger partial charge in [0.25, 0.3) is 15.9 Å². The minimum Gasteiger partial charge on any atom is -0.496 e. The predicted octanol–water partition coefficient (Wildman–Crippen LogP) is 7.98. The maximum absolute atomic E-state index is 14.1. The summed E-state index contributed by atoms with van der Waals surface area (Å²) in [6.45, 7) is 10.0. The Kier molecular flexibility index (Phi) is 9.64. The van der Waals surface area contributed by atoms with Crippen LogP contribution in [0.4, 0.5) is 5.69 Å². The fourth-order valence-electron chi connectivity index (χ4n) is 4.94. The van der Waals surface area contributed by atoms with Crippen molar-refractivity contribution in [1.82, 2.24) is 5.32 Å². The average Bonchev–Trinajstić information content (AvgIpc) is 2.96. The molecule has 0 aliphatic rings. The maximum Gasteiger partial charge on any atom is 0.264 e. The van der Waals surface area contributed by atoms with Crippen LogP contribution in [0.25, 0.3) is 0 Å². The molecule has 4 aromatic rings. The van der Waals surface area contributed by atoms with E-state index in [1.165, 1.54) is 4.31 Å². The van der Waals surface area contributed by atoms with Crippen molar-refractivity contribution in [2.24, 2.45) is 0 Å². The summed E-state index contributed by atoms with van der Waals surface area (Å²) in [5.74, 6) is 0.672. The van der Waals surface area contributed by atoms with Gasteiger partial charge in [-0.05, 0) is 97.5 Å². The number of anilines is 1. The lowest BCUT2D eigenvalue weighted by Crippen LogP contribution is -2.34. The number of hydrogen-bond donors (Lipinski definition) is 1. The van der Waals surface area contributed by atoms with E-state index in [9.17, 15) is 13.2 Å². The quantitative estimate of drug-likeness (QED) is 0.199. The van der Waals surface area contributed by atoms with Crippen LogP contribution in [0.1, 0.15) is 70.9 Å². The van der Waals surface area contributed by atoms with Gasteiger partial charge in [-0.15, -0.1) is 0 Å². The highest BCUT2D eigenvalue weighted by Crippen LogP contribution is 2.33. The number of nitrogens with zero attached hydrogens (tertiary/aromatic N) is 1. The zero-order valence-corrected chi connectivity index (χ0v) is 26.4. The normalized spacial score (nSPS) is 12.2. The molecule has 0 bridgehead atoms. The number of carbonyl (C=O) groups excluding carboxylic acids is 1. The zero-order valence-electron chi connectivity index (χ0n) is 24.8. The largest absolute Gasteiger partial charge is 0.496 e. The van der Waals surface area contributed by atoms with E-state index >= 15 is 0 Å². The van der Waals surface area contributed by atoms with Gasteiger partial charge in [0, 0.05) is 5.02 Å². The predicted molar refractivity (Wildman–Crippen MR) is 170 cm³/mol. The molecule has 0 aromatic heterocycles. The third-order valence-corrected chi connectivity index (χ3v) is 9.35. The molecule has 220 valence electrons. The number of amides is 1. The van der Waals surface area contributed by atoms with Gasteiger partial charge in [-0.25, -0.2) is 8.42 Å². The minimum absolute atomic E-state index is 0.0164. The SMILES string of the molecule is COc1cc(C)c([C@H](C)NC(=O)c2ccccc2N(Cc2ccc(Cl)cc2)S(=O)(=O)c2ccc(C)cc2)cc1C(C)C. The monoisotopic (exact) mass is 604 g/mol. The van der Waals surface area contributed by atoms with Crippen molar-refractivity contribution in [3.05, 3.63) is 123 Å². The number of nitrogens with one attached hydrogen (secondary N) is 1. The van der Waals surface area contributed by atoms with E-state index in [0.29, 0.717) is 5.02 Å². The summed E-state index contributed by atoms with van der Waals surface area (Å²) in [4.78, 5) is 14.0. The molecule has 0 radical (unpaired) electrons. The van der Waals surface area contributed by atoms with E-state index in [0.717, 1.165) is 33.6 Å². The van der Waals surface area contributed by atoms with Crippen molar-refractivity contribution < 1.29 is 17.9 Å². The van der Waals surface area contributed by atoms with Gasteiger partial charge >= 0.3 is 0 Å². The summed E-state index contributed by atoms with van der Waals surface area (Å²) in [6, 6.07) is 24.2. The summed E-state index contributed by atoms with van der Waals surface area (Å²) < 4.78 is 35.1. The van der Waals surface area contributed by atoms with Crippen LogP contribution in [-0.4, -0.2) is 21.4 Å². The number of sulfonamides is 1. The Morgan fingerprint density at radius 1 is 0.905 bits per heavy atom. The van der Waals surface area contributed by atoms with Crippen molar-refractivity contribution in [3.63, 3.8) is 0 Å². The number of methoxy groups -OCH3 is 1. The Morgan fingerprint density at radius 3 is 2.17 bits per heavy atom. The van der Waals surface area contributed by atoms with Crippen molar-refractivity contribution in [3.8, 4) is 5.75 Å². The molecule has 0 spiro atoms. The second-order valence-corrected chi connectivity index (χ2v) is 13.1. The van der Waals surface area contributed by atoms with E-state index in [-0.39, 0.29) is 40.6 Å². The van der Waals surface area contributed by atoms with Crippen LogP contribution in [0.2, 0.25) is 5.02 Å². The van der Waals surface area contributed by atoms with Crippen LogP contribution >= 0.6 is 11.6 Å².